The van der Waals surface area contributed by atoms with Crippen LogP contribution < -0.4 is 0 Å². The largest absolute Gasteiger partial charge is 0.462 e. The zero-order valence-corrected chi connectivity index (χ0v) is 19.0. The molecule has 0 saturated carbocycles. The minimum absolute atomic E-state index is 0.115. The second kappa shape index (κ2) is 10.4. The Morgan fingerprint density at radius 3 is 2.34 bits per heavy atom. The van der Waals surface area contributed by atoms with E-state index in [-0.39, 0.29) is 17.8 Å². The fourth-order valence-electron chi connectivity index (χ4n) is 3.54. The van der Waals surface area contributed by atoms with Crippen molar-refractivity contribution in [2.75, 3.05) is 6.61 Å². The van der Waals surface area contributed by atoms with Crippen molar-refractivity contribution in [3.05, 3.63) is 58.4 Å². The number of benzene rings is 1. The lowest BCUT2D eigenvalue weighted by Gasteiger charge is -2.23. The molecule has 0 atom stereocenters. The lowest BCUT2D eigenvalue weighted by atomic mass is 9.86. The third kappa shape index (κ3) is 5.35. The number of allylic oxidation sites excluding steroid dienone is 1. The molecule has 1 aromatic heterocycles. The van der Waals surface area contributed by atoms with Gasteiger partial charge in [-0.1, -0.05) is 83.0 Å². The van der Waals surface area contributed by atoms with E-state index in [9.17, 15) is 4.79 Å². The first-order chi connectivity index (χ1) is 13.8. The molecule has 3 nitrogen and oxygen atoms in total. The minimum atomic E-state index is -0.291. The highest BCUT2D eigenvalue weighted by Crippen LogP contribution is 2.38. The number of esters is 1. The van der Waals surface area contributed by atoms with E-state index in [2.05, 4.69) is 71.9 Å². The fraction of sp³-hybridized carbons (Fsp3) is 0.462. The molecule has 0 aliphatic carbocycles. The smallest absolute Gasteiger partial charge is 0.340 e. The monoisotopic (exact) mass is 393 g/mol. The number of rotatable bonds is 8. The first-order valence-electron chi connectivity index (χ1n) is 10.8. The molecule has 0 aliphatic heterocycles. The molecule has 29 heavy (non-hydrogen) atoms. The third-order valence-corrected chi connectivity index (χ3v) is 4.91. The van der Waals surface area contributed by atoms with Gasteiger partial charge < -0.3 is 4.74 Å². The molecule has 2 aromatic rings. The summed E-state index contributed by atoms with van der Waals surface area (Å²) in [6.07, 6.45) is 6.41. The van der Waals surface area contributed by atoms with Crippen molar-refractivity contribution < 1.29 is 9.53 Å². The van der Waals surface area contributed by atoms with Crippen molar-refractivity contribution in [3.63, 3.8) is 0 Å². The number of ether oxygens (including phenoxy) is 1. The molecule has 0 saturated heterocycles. The Labute approximate surface area is 176 Å². The molecule has 0 spiro atoms. The normalized spacial score (nSPS) is 11.6. The van der Waals surface area contributed by atoms with Gasteiger partial charge in [-0.25, -0.2) is 4.79 Å². The zero-order chi connectivity index (χ0) is 21.6. The lowest BCUT2D eigenvalue weighted by Crippen LogP contribution is -2.16. The number of pyridine rings is 1. The van der Waals surface area contributed by atoms with Crippen LogP contribution in [-0.4, -0.2) is 17.6 Å². The van der Waals surface area contributed by atoms with Crippen LogP contribution in [0.25, 0.3) is 17.2 Å². The third-order valence-electron chi connectivity index (χ3n) is 4.91. The number of hydrogen-bond donors (Lipinski definition) is 0. The van der Waals surface area contributed by atoms with E-state index < -0.39 is 0 Å². The first kappa shape index (κ1) is 22.9. The van der Waals surface area contributed by atoms with Crippen LogP contribution in [0, 0.1) is 6.92 Å². The number of nitrogens with zero attached hydrogens (tertiary/aromatic N) is 1. The summed E-state index contributed by atoms with van der Waals surface area (Å²) < 4.78 is 5.49. The molecule has 0 N–H and O–H groups in total. The summed E-state index contributed by atoms with van der Waals surface area (Å²) in [6, 6.07) is 8.34. The van der Waals surface area contributed by atoms with E-state index in [1.54, 1.807) is 0 Å². The summed E-state index contributed by atoms with van der Waals surface area (Å²) in [5.41, 5.74) is 6.63. The van der Waals surface area contributed by atoms with Gasteiger partial charge >= 0.3 is 5.97 Å². The maximum atomic E-state index is 13.1. The molecule has 2 rings (SSSR count). The van der Waals surface area contributed by atoms with Crippen LogP contribution in [0.15, 0.2) is 30.3 Å². The van der Waals surface area contributed by atoms with Gasteiger partial charge in [0.05, 0.1) is 23.6 Å². The molecule has 0 unspecified atom stereocenters. The van der Waals surface area contributed by atoms with E-state index in [0.717, 1.165) is 46.5 Å². The second-order valence-electron chi connectivity index (χ2n) is 8.14. The maximum Gasteiger partial charge on any atom is 0.340 e. The molecular weight excluding hydrogens is 358 g/mol. The van der Waals surface area contributed by atoms with Gasteiger partial charge in [0.15, 0.2) is 0 Å². The van der Waals surface area contributed by atoms with Gasteiger partial charge in [-0.05, 0) is 37.7 Å². The van der Waals surface area contributed by atoms with Gasteiger partial charge in [-0.2, -0.15) is 0 Å². The Morgan fingerprint density at radius 2 is 1.79 bits per heavy atom. The Hall–Kier alpha value is -2.42. The van der Waals surface area contributed by atoms with Crippen molar-refractivity contribution in [1.29, 1.82) is 0 Å². The SMILES string of the molecule is CCCC=Cc1c(C(C)C)nc(C(C)C)c(C(=O)OCC)c1-c1cccc(C)c1. The van der Waals surface area contributed by atoms with Gasteiger partial charge in [0.25, 0.3) is 0 Å². The summed E-state index contributed by atoms with van der Waals surface area (Å²) in [6.45, 7) is 14.9. The molecule has 0 amide bonds. The predicted octanol–water partition coefficient (Wildman–Crippen LogP) is 7.29. The van der Waals surface area contributed by atoms with Crippen LogP contribution in [0.5, 0.6) is 0 Å². The highest BCUT2D eigenvalue weighted by Gasteiger charge is 2.27. The van der Waals surface area contributed by atoms with E-state index >= 15 is 0 Å². The number of aryl methyl sites for hydroxylation is 1. The van der Waals surface area contributed by atoms with Gasteiger partial charge in [0.1, 0.15) is 0 Å². The van der Waals surface area contributed by atoms with Crippen LogP contribution in [0.1, 0.15) is 99.1 Å². The Balaban J connectivity index is 2.99. The molecule has 0 bridgehead atoms. The van der Waals surface area contributed by atoms with Crippen molar-refractivity contribution in [1.82, 2.24) is 4.98 Å². The topological polar surface area (TPSA) is 39.2 Å². The minimum Gasteiger partial charge on any atom is -0.462 e. The van der Waals surface area contributed by atoms with Crippen LogP contribution in [0.4, 0.5) is 0 Å². The van der Waals surface area contributed by atoms with Crippen molar-refractivity contribution in [3.8, 4) is 11.1 Å². The van der Waals surface area contributed by atoms with E-state index in [1.807, 2.05) is 13.0 Å². The summed E-state index contributed by atoms with van der Waals surface area (Å²) in [5.74, 6) is 0.0679. The van der Waals surface area contributed by atoms with Gasteiger partial charge in [-0.15, -0.1) is 0 Å². The van der Waals surface area contributed by atoms with E-state index in [0.29, 0.717) is 12.2 Å². The van der Waals surface area contributed by atoms with Crippen molar-refractivity contribution in [2.45, 2.75) is 73.1 Å². The van der Waals surface area contributed by atoms with Crippen LogP contribution >= 0.6 is 0 Å². The number of hydrogen-bond acceptors (Lipinski definition) is 3. The number of unbranched alkanes of at least 4 members (excludes halogenated alkanes) is 1. The summed E-state index contributed by atoms with van der Waals surface area (Å²) in [5, 5.41) is 0. The molecular formula is C26H35NO2. The average molecular weight is 394 g/mol. The Morgan fingerprint density at radius 1 is 1.10 bits per heavy atom. The summed E-state index contributed by atoms with van der Waals surface area (Å²) >= 11 is 0. The fourth-order valence-corrected chi connectivity index (χ4v) is 3.54. The quantitative estimate of drug-likeness (QED) is 0.442. The average Bonchev–Trinajstić information content (AvgIpc) is 2.67. The van der Waals surface area contributed by atoms with Crippen LogP contribution in [-0.2, 0) is 4.74 Å². The lowest BCUT2D eigenvalue weighted by molar-refractivity contribution is 0.0525. The molecule has 0 aliphatic rings. The van der Waals surface area contributed by atoms with Gasteiger partial charge in [0, 0.05) is 11.1 Å². The number of aromatic nitrogens is 1. The first-order valence-corrected chi connectivity index (χ1v) is 10.8. The predicted molar refractivity (Wildman–Crippen MR) is 122 cm³/mol. The summed E-state index contributed by atoms with van der Waals surface area (Å²) in [4.78, 5) is 18.1. The van der Waals surface area contributed by atoms with Gasteiger partial charge in [-0.3, -0.25) is 4.98 Å². The van der Waals surface area contributed by atoms with Crippen LogP contribution in [0.3, 0.4) is 0 Å². The van der Waals surface area contributed by atoms with Crippen molar-refractivity contribution in [2.24, 2.45) is 0 Å². The molecule has 1 aromatic carbocycles. The molecule has 156 valence electrons. The van der Waals surface area contributed by atoms with Crippen LogP contribution in [0.2, 0.25) is 0 Å². The van der Waals surface area contributed by atoms with Crippen molar-refractivity contribution >= 4 is 12.0 Å². The highest BCUT2D eigenvalue weighted by atomic mass is 16.5. The van der Waals surface area contributed by atoms with E-state index in [1.165, 1.54) is 0 Å². The molecule has 0 radical (unpaired) electrons. The van der Waals surface area contributed by atoms with E-state index in [4.69, 9.17) is 9.72 Å². The second-order valence-corrected chi connectivity index (χ2v) is 8.14. The molecule has 0 fully saturated rings. The standard InChI is InChI=1S/C26H35NO2/c1-8-10-11-15-21-22(20-14-12-13-19(7)16-20)23(26(28)29-9-2)25(18(5)6)27-24(21)17(3)4/h11-18H,8-10H2,1-7H3. The highest BCUT2D eigenvalue weighted by molar-refractivity contribution is 6.01. The Bertz CT molecular complexity index is 879. The maximum absolute atomic E-state index is 13.1. The number of carbonyl (C=O) groups excluding carboxylic acids is 1. The van der Waals surface area contributed by atoms with Gasteiger partial charge in [0.2, 0.25) is 0 Å². The summed E-state index contributed by atoms with van der Waals surface area (Å²) in [7, 11) is 0. The molecule has 3 heteroatoms. The molecule has 1 heterocycles. The Kier molecular flexibility index (Phi) is 8.19. The zero-order valence-electron chi connectivity index (χ0n) is 19.0. The number of carbonyl (C=O) groups is 1.